The molecule has 0 spiro atoms. The first-order valence-electron chi connectivity index (χ1n) is 9.32. The van der Waals surface area contributed by atoms with E-state index in [0.29, 0.717) is 6.54 Å². The number of carbonyl (C=O) groups is 3. The lowest BCUT2D eigenvalue weighted by Crippen LogP contribution is -2.56. The van der Waals surface area contributed by atoms with Gasteiger partial charge in [0.1, 0.15) is 0 Å². The smallest absolute Gasteiger partial charge is 0.357 e. The number of nitrogens with one attached hydrogen (secondary N) is 3. The molecule has 0 bridgehead atoms. The van der Waals surface area contributed by atoms with Crippen molar-refractivity contribution in [2.75, 3.05) is 18.2 Å². The number of esters is 1. The Hall–Kier alpha value is -2.36. The van der Waals surface area contributed by atoms with Crippen LogP contribution in [0.5, 0.6) is 0 Å². The number of nitrogens with zero attached hydrogens (tertiary/aromatic N) is 2. The highest BCUT2D eigenvalue weighted by atomic mass is 32.1. The maximum atomic E-state index is 12.7. The second kappa shape index (κ2) is 10.7. The van der Waals surface area contributed by atoms with Crippen LogP contribution in [0, 0.1) is 0 Å². The summed E-state index contributed by atoms with van der Waals surface area (Å²) in [6.07, 6.45) is 5.90. The Labute approximate surface area is 162 Å². The summed E-state index contributed by atoms with van der Waals surface area (Å²) >= 11 is 1.08. The lowest BCUT2D eigenvalue weighted by atomic mass is 9.96. The zero-order valence-electron chi connectivity index (χ0n) is 15.7. The summed E-state index contributed by atoms with van der Waals surface area (Å²) in [5.74, 6) is -0.567. The SMILES string of the molecule is CCCNC(=O)NN(C(=O)NC1CCCCC1)c1nc(C(=O)OCC)cs1. The van der Waals surface area contributed by atoms with Crippen LogP contribution in [-0.2, 0) is 4.74 Å². The van der Waals surface area contributed by atoms with Gasteiger partial charge in [-0.3, -0.25) is 0 Å². The van der Waals surface area contributed by atoms with Gasteiger partial charge >= 0.3 is 18.0 Å². The number of aromatic nitrogens is 1. The van der Waals surface area contributed by atoms with E-state index in [4.69, 9.17) is 4.74 Å². The third-order valence-electron chi connectivity index (χ3n) is 4.05. The quantitative estimate of drug-likeness (QED) is 0.505. The fraction of sp³-hybridized carbons (Fsp3) is 0.647. The summed E-state index contributed by atoms with van der Waals surface area (Å²) < 4.78 is 4.92. The molecule has 0 atom stereocenters. The molecular weight excluding hydrogens is 370 g/mol. The van der Waals surface area contributed by atoms with Crippen molar-refractivity contribution < 1.29 is 19.1 Å². The fourth-order valence-corrected chi connectivity index (χ4v) is 3.47. The van der Waals surface area contributed by atoms with Gasteiger partial charge in [-0.25, -0.2) is 24.8 Å². The van der Waals surface area contributed by atoms with Crippen LogP contribution >= 0.6 is 11.3 Å². The number of hydrogen-bond acceptors (Lipinski definition) is 6. The summed E-state index contributed by atoms with van der Waals surface area (Å²) in [5, 5.41) is 8.33. The molecule has 1 aliphatic carbocycles. The standard InChI is InChI=1S/C17H27N5O4S/c1-3-10-18-15(24)21-22(16(25)19-12-8-6-5-7-9-12)17-20-13(11-27-17)14(23)26-4-2/h11-12H,3-10H2,1-2H3,(H,19,25)(H2,18,21,24). The number of hydrazine groups is 1. The Morgan fingerprint density at radius 2 is 2.00 bits per heavy atom. The molecule has 1 aliphatic rings. The van der Waals surface area contributed by atoms with Crippen LogP contribution in [0.3, 0.4) is 0 Å². The summed E-state index contributed by atoms with van der Waals surface area (Å²) in [7, 11) is 0. The molecule has 0 aromatic carbocycles. The molecule has 150 valence electrons. The monoisotopic (exact) mass is 397 g/mol. The molecule has 9 nitrogen and oxygen atoms in total. The Morgan fingerprint density at radius 3 is 2.67 bits per heavy atom. The van der Waals surface area contributed by atoms with Crippen molar-refractivity contribution in [3.63, 3.8) is 0 Å². The molecule has 0 radical (unpaired) electrons. The topological polar surface area (TPSA) is 113 Å². The van der Waals surface area contributed by atoms with Crippen molar-refractivity contribution in [1.82, 2.24) is 21.0 Å². The van der Waals surface area contributed by atoms with Gasteiger partial charge in [0.25, 0.3) is 0 Å². The van der Waals surface area contributed by atoms with E-state index in [1.54, 1.807) is 6.92 Å². The number of hydrogen-bond donors (Lipinski definition) is 3. The van der Waals surface area contributed by atoms with Gasteiger partial charge in [-0.2, -0.15) is 5.01 Å². The molecule has 0 unspecified atom stereocenters. The van der Waals surface area contributed by atoms with E-state index >= 15 is 0 Å². The molecule has 1 heterocycles. The second-order valence-corrected chi connectivity index (χ2v) is 7.06. The summed E-state index contributed by atoms with van der Waals surface area (Å²) in [6.45, 7) is 4.35. The molecule has 3 N–H and O–H groups in total. The third kappa shape index (κ3) is 6.38. The van der Waals surface area contributed by atoms with Crippen molar-refractivity contribution in [1.29, 1.82) is 0 Å². The Bertz CT molecular complexity index is 645. The predicted octanol–water partition coefficient (Wildman–Crippen LogP) is 2.79. The van der Waals surface area contributed by atoms with Crippen LogP contribution in [0.1, 0.15) is 62.9 Å². The number of rotatable bonds is 6. The van der Waals surface area contributed by atoms with Crippen LogP contribution in [0.25, 0.3) is 0 Å². The molecule has 4 amide bonds. The molecule has 1 saturated carbocycles. The molecule has 1 fully saturated rings. The average Bonchev–Trinajstić information content (AvgIpc) is 3.15. The van der Waals surface area contributed by atoms with Gasteiger partial charge in [-0.1, -0.05) is 26.2 Å². The maximum Gasteiger partial charge on any atom is 0.357 e. The average molecular weight is 398 g/mol. The van der Waals surface area contributed by atoms with Gasteiger partial charge in [0.2, 0.25) is 5.13 Å². The minimum atomic E-state index is -0.567. The number of ether oxygens (including phenoxy) is 1. The number of carbonyl (C=O) groups excluding carboxylic acids is 3. The van der Waals surface area contributed by atoms with Crippen LogP contribution in [-0.4, -0.2) is 42.2 Å². The molecule has 1 aromatic rings. The van der Waals surface area contributed by atoms with Crippen molar-refractivity contribution in [2.24, 2.45) is 0 Å². The van der Waals surface area contributed by atoms with Gasteiger partial charge in [-0.15, -0.1) is 11.3 Å². The second-order valence-electron chi connectivity index (χ2n) is 6.22. The van der Waals surface area contributed by atoms with Crippen molar-refractivity contribution >= 4 is 34.5 Å². The van der Waals surface area contributed by atoms with E-state index in [2.05, 4.69) is 21.0 Å². The maximum absolute atomic E-state index is 12.7. The normalized spacial score (nSPS) is 14.3. The number of thiazole rings is 1. The molecule has 10 heteroatoms. The van der Waals surface area contributed by atoms with Crippen LogP contribution in [0.15, 0.2) is 5.38 Å². The lowest BCUT2D eigenvalue weighted by molar-refractivity contribution is 0.0520. The van der Waals surface area contributed by atoms with E-state index in [1.807, 2.05) is 6.92 Å². The third-order valence-corrected chi connectivity index (χ3v) is 4.88. The van der Waals surface area contributed by atoms with E-state index in [-0.39, 0.29) is 23.5 Å². The number of urea groups is 2. The van der Waals surface area contributed by atoms with Crippen LogP contribution in [0.4, 0.5) is 14.7 Å². The van der Waals surface area contributed by atoms with Crippen LogP contribution < -0.4 is 21.1 Å². The van der Waals surface area contributed by atoms with E-state index in [1.165, 1.54) is 11.8 Å². The Morgan fingerprint density at radius 1 is 1.26 bits per heavy atom. The summed E-state index contributed by atoms with van der Waals surface area (Å²) in [4.78, 5) is 40.8. The zero-order chi connectivity index (χ0) is 19.6. The summed E-state index contributed by atoms with van der Waals surface area (Å²) in [5.41, 5.74) is 2.61. The Balaban J connectivity index is 2.11. The molecular formula is C17H27N5O4S. The predicted molar refractivity (Wildman–Crippen MR) is 103 cm³/mol. The fourth-order valence-electron chi connectivity index (χ4n) is 2.72. The van der Waals surface area contributed by atoms with Crippen molar-refractivity contribution in [3.8, 4) is 0 Å². The molecule has 0 saturated heterocycles. The minimum absolute atomic E-state index is 0.0683. The van der Waals surface area contributed by atoms with E-state index in [9.17, 15) is 14.4 Å². The largest absolute Gasteiger partial charge is 0.461 e. The first kappa shape index (κ1) is 20.9. The van der Waals surface area contributed by atoms with Gasteiger partial charge < -0.3 is 15.4 Å². The first-order chi connectivity index (χ1) is 13.0. The highest BCUT2D eigenvalue weighted by Gasteiger charge is 2.26. The lowest BCUT2D eigenvalue weighted by Gasteiger charge is -2.27. The van der Waals surface area contributed by atoms with Crippen LogP contribution in [0.2, 0.25) is 0 Å². The van der Waals surface area contributed by atoms with Gasteiger partial charge in [0.05, 0.1) is 6.61 Å². The number of amides is 4. The molecule has 27 heavy (non-hydrogen) atoms. The summed E-state index contributed by atoms with van der Waals surface area (Å²) in [6, 6.07) is -0.916. The van der Waals surface area contributed by atoms with Gasteiger partial charge in [0.15, 0.2) is 5.69 Å². The van der Waals surface area contributed by atoms with Crippen molar-refractivity contribution in [3.05, 3.63) is 11.1 Å². The van der Waals surface area contributed by atoms with Crippen molar-refractivity contribution in [2.45, 2.75) is 58.4 Å². The molecule has 0 aliphatic heterocycles. The van der Waals surface area contributed by atoms with E-state index < -0.39 is 18.0 Å². The van der Waals surface area contributed by atoms with Gasteiger partial charge in [0, 0.05) is 18.0 Å². The molecule has 1 aromatic heterocycles. The Kier molecular flexibility index (Phi) is 8.31. The first-order valence-corrected chi connectivity index (χ1v) is 10.2. The minimum Gasteiger partial charge on any atom is -0.461 e. The zero-order valence-corrected chi connectivity index (χ0v) is 16.6. The van der Waals surface area contributed by atoms with Gasteiger partial charge in [-0.05, 0) is 26.2 Å². The number of anilines is 1. The molecule has 2 rings (SSSR count). The highest BCUT2D eigenvalue weighted by Crippen LogP contribution is 2.22. The highest BCUT2D eigenvalue weighted by molar-refractivity contribution is 7.14. The van der Waals surface area contributed by atoms with E-state index in [0.717, 1.165) is 48.4 Å².